The number of carbonyl (C=O) groups excluding carboxylic acids is 1. The Morgan fingerprint density at radius 2 is 1.92 bits per heavy atom. The zero-order valence-corrected chi connectivity index (χ0v) is 20.4. The van der Waals surface area contributed by atoms with Crippen LogP contribution in [0.4, 0.5) is 36.1 Å². The summed E-state index contributed by atoms with van der Waals surface area (Å²) in [6.07, 6.45) is -0.183. The van der Waals surface area contributed by atoms with Crippen molar-refractivity contribution < 1.29 is 22.7 Å². The minimum absolute atomic E-state index is 0.0193. The van der Waals surface area contributed by atoms with E-state index in [2.05, 4.69) is 27.3 Å². The number of amides is 1. The summed E-state index contributed by atoms with van der Waals surface area (Å²) in [6, 6.07) is 9.77. The van der Waals surface area contributed by atoms with Crippen molar-refractivity contribution in [2.24, 2.45) is 5.92 Å². The predicted molar refractivity (Wildman–Crippen MR) is 133 cm³/mol. The SMILES string of the molecule is CN(CC(F)(F)F)[C@H]1CC[C@@H](C(=O)N2Cc3cccnc3Nc3ccc(N4CCOCC4)cc32)CC1. The van der Waals surface area contributed by atoms with E-state index in [9.17, 15) is 18.0 Å². The number of carbonyl (C=O) groups is 1. The van der Waals surface area contributed by atoms with E-state index in [0.717, 1.165) is 41.5 Å². The van der Waals surface area contributed by atoms with Crippen LogP contribution < -0.4 is 15.1 Å². The van der Waals surface area contributed by atoms with Crippen LogP contribution >= 0.6 is 0 Å². The van der Waals surface area contributed by atoms with E-state index in [-0.39, 0.29) is 17.9 Å². The van der Waals surface area contributed by atoms with Gasteiger partial charge in [0.25, 0.3) is 0 Å². The zero-order chi connectivity index (χ0) is 25.3. The normalized spacial score (nSPS) is 22.5. The van der Waals surface area contributed by atoms with Crippen LogP contribution in [0.5, 0.6) is 0 Å². The van der Waals surface area contributed by atoms with Crippen LogP contribution in [-0.4, -0.2) is 67.9 Å². The second-order valence-corrected chi connectivity index (χ2v) is 9.90. The molecule has 1 amide bonds. The summed E-state index contributed by atoms with van der Waals surface area (Å²) in [5.74, 6) is 0.523. The second-order valence-electron chi connectivity index (χ2n) is 9.90. The molecular formula is C26H32F3N5O2. The average Bonchev–Trinajstić information content (AvgIpc) is 3.04. The number of morpholine rings is 1. The Labute approximate surface area is 209 Å². The van der Waals surface area contributed by atoms with Gasteiger partial charge in [0, 0.05) is 42.5 Å². The molecule has 0 radical (unpaired) electrons. The molecule has 7 nitrogen and oxygen atoms in total. The third-order valence-electron chi connectivity index (χ3n) is 7.49. The number of ether oxygens (including phenoxy) is 1. The van der Waals surface area contributed by atoms with Crippen molar-refractivity contribution in [3.63, 3.8) is 0 Å². The number of nitrogens with one attached hydrogen (secondary N) is 1. The lowest BCUT2D eigenvalue weighted by atomic mass is 9.84. The molecule has 1 saturated carbocycles. The highest BCUT2D eigenvalue weighted by molar-refractivity contribution is 6.00. The van der Waals surface area contributed by atoms with E-state index in [1.54, 1.807) is 6.20 Å². The summed E-state index contributed by atoms with van der Waals surface area (Å²) >= 11 is 0. The lowest BCUT2D eigenvalue weighted by Crippen LogP contribution is -2.43. The maximum absolute atomic E-state index is 13.9. The molecule has 0 atom stereocenters. The van der Waals surface area contributed by atoms with E-state index >= 15 is 0 Å². The molecule has 0 unspecified atom stereocenters. The fourth-order valence-corrected chi connectivity index (χ4v) is 5.52. The van der Waals surface area contributed by atoms with Crippen LogP contribution in [-0.2, 0) is 16.1 Å². The Morgan fingerprint density at radius 1 is 1.17 bits per heavy atom. The highest BCUT2D eigenvalue weighted by Gasteiger charge is 2.37. The molecule has 0 bridgehead atoms. The number of aromatic nitrogens is 1. The van der Waals surface area contributed by atoms with Gasteiger partial charge in [-0.25, -0.2) is 4.98 Å². The maximum atomic E-state index is 13.9. The topological polar surface area (TPSA) is 60.9 Å². The number of halogens is 3. The minimum Gasteiger partial charge on any atom is -0.378 e. The summed E-state index contributed by atoms with van der Waals surface area (Å²) in [5.41, 5.74) is 3.58. The van der Waals surface area contributed by atoms with E-state index in [1.165, 1.54) is 11.9 Å². The monoisotopic (exact) mass is 503 g/mol. The molecule has 2 aromatic rings. The molecule has 1 N–H and O–H groups in total. The second kappa shape index (κ2) is 10.3. The van der Waals surface area contributed by atoms with Gasteiger partial charge in [0.05, 0.1) is 37.7 Å². The molecule has 194 valence electrons. The molecule has 1 aliphatic carbocycles. The Morgan fingerprint density at radius 3 is 2.64 bits per heavy atom. The lowest BCUT2D eigenvalue weighted by molar-refractivity contribution is -0.149. The molecule has 1 saturated heterocycles. The number of alkyl halides is 3. The van der Waals surface area contributed by atoms with Crippen LogP contribution in [0, 0.1) is 5.92 Å². The Bertz CT molecular complexity index is 1080. The summed E-state index contributed by atoms with van der Waals surface area (Å²) < 4.78 is 44.1. The van der Waals surface area contributed by atoms with Crippen molar-refractivity contribution in [1.29, 1.82) is 0 Å². The van der Waals surface area contributed by atoms with Gasteiger partial charge in [-0.3, -0.25) is 9.69 Å². The first-order valence-corrected chi connectivity index (χ1v) is 12.5. The summed E-state index contributed by atoms with van der Waals surface area (Å²) in [4.78, 5) is 23.9. The molecule has 3 heterocycles. The average molecular weight is 504 g/mol. The van der Waals surface area contributed by atoms with Crippen molar-refractivity contribution in [1.82, 2.24) is 9.88 Å². The van der Waals surface area contributed by atoms with Crippen molar-refractivity contribution in [2.45, 2.75) is 44.4 Å². The number of hydrogen-bond acceptors (Lipinski definition) is 6. The van der Waals surface area contributed by atoms with Crippen LogP contribution in [0.2, 0.25) is 0 Å². The molecule has 5 rings (SSSR count). The Kier molecular flexibility index (Phi) is 7.07. The van der Waals surface area contributed by atoms with Crippen LogP contribution in [0.1, 0.15) is 31.2 Å². The van der Waals surface area contributed by atoms with E-state index in [1.807, 2.05) is 23.1 Å². The number of benzene rings is 1. The quantitative estimate of drug-likeness (QED) is 0.660. The van der Waals surface area contributed by atoms with Crippen LogP contribution in [0.25, 0.3) is 0 Å². The maximum Gasteiger partial charge on any atom is 0.401 e. The van der Waals surface area contributed by atoms with Gasteiger partial charge in [-0.2, -0.15) is 13.2 Å². The molecule has 3 aliphatic rings. The minimum atomic E-state index is -4.22. The molecular weight excluding hydrogens is 471 g/mol. The predicted octanol–water partition coefficient (Wildman–Crippen LogP) is 4.56. The zero-order valence-electron chi connectivity index (χ0n) is 20.4. The van der Waals surface area contributed by atoms with Gasteiger partial charge in [-0.05, 0) is 57.0 Å². The molecule has 1 aromatic heterocycles. The third kappa shape index (κ3) is 5.44. The number of rotatable bonds is 4. The van der Waals surface area contributed by atoms with Gasteiger partial charge < -0.3 is 19.9 Å². The summed E-state index contributed by atoms with van der Waals surface area (Å²) in [5, 5.41) is 3.40. The largest absolute Gasteiger partial charge is 0.401 e. The first kappa shape index (κ1) is 24.8. The van der Waals surface area contributed by atoms with Crippen molar-refractivity contribution in [2.75, 3.05) is 55.0 Å². The highest BCUT2D eigenvalue weighted by atomic mass is 19.4. The fraction of sp³-hybridized carbons (Fsp3) is 0.538. The number of pyridine rings is 1. The molecule has 1 aromatic carbocycles. The lowest BCUT2D eigenvalue weighted by Gasteiger charge is -2.36. The molecule has 2 fully saturated rings. The number of fused-ring (bicyclic) bond motifs is 2. The Balaban J connectivity index is 1.38. The van der Waals surface area contributed by atoms with Gasteiger partial charge in [0.2, 0.25) is 5.91 Å². The molecule has 10 heteroatoms. The van der Waals surface area contributed by atoms with Gasteiger partial charge >= 0.3 is 6.18 Å². The number of nitrogens with zero attached hydrogens (tertiary/aromatic N) is 4. The van der Waals surface area contributed by atoms with Gasteiger partial charge in [0.1, 0.15) is 5.82 Å². The first-order valence-electron chi connectivity index (χ1n) is 12.5. The fourth-order valence-electron chi connectivity index (χ4n) is 5.52. The van der Waals surface area contributed by atoms with E-state index < -0.39 is 12.7 Å². The standard InChI is InChI=1S/C26H32F3N5O2/c1-32(17-26(27,28)29)20-6-4-18(5-7-20)25(35)34-16-19-3-2-10-30-24(19)31-22-9-8-21(15-23(22)34)33-11-13-36-14-12-33/h2-3,8-10,15,18,20H,4-7,11-14,16-17H2,1H3,(H,30,31)/t18-,20+. The smallest absolute Gasteiger partial charge is 0.378 e. The van der Waals surface area contributed by atoms with Gasteiger partial charge in [-0.15, -0.1) is 0 Å². The van der Waals surface area contributed by atoms with Crippen molar-refractivity contribution in [3.05, 3.63) is 42.1 Å². The third-order valence-corrected chi connectivity index (χ3v) is 7.49. The van der Waals surface area contributed by atoms with Gasteiger partial charge in [0.15, 0.2) is 0 Å². The van der Waals surface area contributed by atoms with Crippen molar-refractivity contribution >= 4 is 28.8 Å². The first-order chi connectivity index (χ1) is 17.3. The number of anilines is 4. The van der Waals surface area contributed by atoms with Crippen molar-refractivity contribution in [3.8, 4) is 0 Å². The van der Waals surface area contributed by atoms with E-state index in [4.69, 9.17) is 4.74 Å². The van der Waals surface area contributed by atoms with E-state index in [0.29, 0.717) is 45.4 Å². The highest BCUT2D eigenvalue weighted by Crippen LogP contribution is 2.40. The molecule has 0 spiro atoms. The molecule has 36 heavy (non-hydrogen) atoms. The Hall–Kier alpha value is -2.85. The summed E-state index contributed by atoms with van der Waals surface area (Å²) in [7, 11) is 1.52. The molecule has 2 aliphatic heterocycles. The van der Waals surface area contributed by atoms with Gasteiger partial charge in [-0.1, -0.05) is 6.07 Å². The summed E-state index contributed by atoms with van der Waals surface area (Å²) in [6.45, 7) is 2.38. The van der Waals surface area contributed by atoms with Crippen LogP contribution in [0.15, 0.2) is 36.5 Å². The van der Waals surface area contributed by atoms with Crippen LogP contribution in [0.3, 0.4) is 0 Å². The number of hydrogen-bond donors (Lipinski definition) is 1.